The molecule has 2 aromatic heterocycles. The largest absolute Gasteiger partial charge is 0.312 e. The second-order valence-corrected chi connectivity index (χ2v) is 5.19. The van der Waals surface area contributed by atoms with Crippen LogP contribution in [0.4, 0.5) is 5.00 Å². The maximum Gasteiger partial charge on any atom is 0.259 e. The van der Waals surface area contributed by atoms with Gasteiger partial charge in [-0.05, 0) is 26.3 Å². The van der Waals surface area contributed by atoms with E-state index in [0.29, 0.717) is 21.8 Å². The molecule has 0 fully saturated rings. The quantitative estimate of drug-likeness (QED) is 0.870. The minimum Gasteiger partial charge on any atom is -0.312 e. The van der Waals surface area contributed by atoms with Crippen molar-refractivity contribution in [3.05, 3.63) is 33.5 Å². The van der Waals surface area contributed by atoms with Crippen LogP contribution in [0.5, 0.6) is 0 Å². The number of H-pyrrole nitrogens is 1. The summed E-state index contributed by atoms with van der Waals surface area (Å²) in [6, 6.07) is 2.12. The zero-order valence-electron chi connectivity index (χ0n) is 10.3. The van der Waals surface area contributed by atoms with Gasteiger partial charge in [0.05, 0.1) is 17.3 Å². The van der Waals surface area contributed by atoms with Crippen molar-refractivity contribution in [2.24, 2.45) is 0 Å². The molecular weight excluding hydrogens is 248 g/mol. The molecule has 5 nitrogen and oxygen atoms in total. The maximum absolute atomic E-state index is 12.0. The Morgan fingerprint density at radius 3 is 2.78 bits per heavy atom. The first-order valence-electron chi connectivity index (χ1n) is 5.36. The van der Waals surface area contributed by atoms with E-state index in [9.17, 15) is 4.79 Å². The second kappa shape index (κ2) is 4.63. The minimum atomic E-state index is -0.251. The van der Waals surface area contributed by atoms with Gasteiger partial charge >= 0.3 is 0 Å². The molecule has 2 aromatic rings. The van der Waals surface area contributed by atoms with Crippen LogP contribution in [0.2, 0.25) is 0 Å². The molecule has 0 aromatic carbocycles. The normalized spacial score (nSPS) is 10.1. The second-order valence-electron chi connectivity index (χ2n) is 3.96. The number of rotatable bonds is 2. The Labute approximate surface area is 108 Å². The third kappa shape index (κ3) is 2.00. The number of carbonyl (C=O) groups is 1. The standard InChI is InChI=1S/C12H12N4OS/c1-6-8(3)18-12(9(6)4-13)15-11(17)10-5-14-16-7(10)2/h5H,1-3H3,(H,14,16)(H,15,17). The molecule has 0 aliphatic heterocycles. The maximum atomic E-state index is 12.0. The fourth-order valence-electron chi connectivity index (χ4n) is 1.60. The first-order chi connectivity index (χ1) is 8.54. The molecule has 0 unspecified atom stereocenters. The molecule has 0 aliphatic carbocycles. The fraction of sp³-hybridized carbons (Fsp3) is 0.250. The number of nitriles is 1. The number of thiophene rings is 1. The van der Waals surface area contributed by atoms with Gasteiger partial charge in [0, 0.05) is 10.6 Å². The lowest BCUT2D eigenvalue weighted by molar-refractivity contribution is 0.102. The minimum absolute atomic E-state index is 0.251. The van der Waals surface area contributed by atoms with Crippen molar-refractivity contribution in [1.82, 2.24) is 10.2 Å². The van der Waals surface area contributed by atoms with Crippen LogP contribution in [0.25, 0.3) is 0 Å². The van der Waals surface area contributed by atoms with Crippen molar-refractivity contribution in [2.75, 3.05) is 5.32 Å². The summed E-state index contributed by atoms with van der Waals surface area (Å²) in [5.74, 6) is -0.251. The van der Waals surface area contributed by atoms with Crippen molar-refractivity contribution in [2.45, 2.75) is 20.8 Å². The van der Waals surface area contributed by atoms with Gasteiger partial charge in [-0.2, -0.15) is 10.4 Å². The van der Waals surface area contributed by atoms with Crippen LogP contribution >= 0.6 is 11.3 Å². The molecule has 92 valence electrons. The van der Waals surface area contributed by atoms with Crippen LogP contribution in [0.15, 0.2) is 6.20 Å². The van der Waals surface area contributed by atoms with Crippen LogP contribution in [0.1, 0.15) is 32.1 Å². The van der Waals surface area contributed by atoms with Crippen LogP contribution in [0.3, 0.4) is 0 Å². The van der Waals surface area contributed by atoms with Gasteiger partial charge in [-0.15, -0.1) is 11.3 Å². The number of nitrogens with zero attached hydrogens (tertiary/aromatic N) is 2. The Hall–Kier alpha value is -2.13. The third-order valence-electron chi connectivity index (χ3n) is 2.80. The Bertz CT molecular complexity index is 648. The van der Waals surface area contributed by atoms with Crippen LogP contribution in [-0.4, -0.2) is 16.1 Å². The number of anilines is 1. The van der Waals surface area contributed by atoms with Gasteiger partial charge in [0.25, 0.3) is 5.91 Å². The van der Waals surface area contributed by atoms with E-state index in [0.717, 1.165) is 10.4 Å². The lowest BCUT2D eigenvalue weighted by Gasteiger charge is -2.01. The Balaban J connectivity index is 2.31. The Morgan fingerprint density at radius 1 is 1.50 bits per heavy atom. The van der Waals surface area contributed by atoms with Crippen LogP contribution in [0, 0.1) is 32.1 Å². The number of aryl methyl sites for hydroxylation is 2. The van der Waals surface area contributed by atoms with Crippen LogP contribution < -0.4 is 5.32 Å². The molecular formula is C12H12N4OS. The molecule has 0 aliphatic rings. The number of hydrogen-bond acceptors (Lipinski definition) is 4. The van der Waals surface area contributed by atoms with Crippen molar-refractivity contribution in [3.63, 3.8) is 0 Å². The molecule has 1 amide bonds. The average Bonchev–Trinajstić information content (AvgIpc) is 2.85. The highest BCUT2D eigenvalue weighted by atomic mass is 32.1. The molecule has 6 heteroatoms. The highest BCUT2D eigenvalue weighted by molar-refractivity contribution is 7.16. The number of aromatic amines is 1. The molecule has 0 saturated heterocycles. The Kier molecular flexibility index (Phi) is 3.17. The third-order valence-corrected chi connectivity index (χ3v) is 3.92. The lowest BCUT2D eigenvalue weighted by atomic mass is 10.2. The molecule has 2 rings (SSSR count). The number of amides is 1. The van der Waals surface area contributed by atoms with E-state index >= 15 is 0 Å². The summed E-state index contributed by atoms with van der Waals surface area (Å²) in [6.07, 6.45) is 1.48. The van der Waals surface area contributed by atoms with Crippen molar-refractivity contribution < 1.29 is 4.79 Å². The van der Waals surface area contributed by atoms with E-state index in [2.05, 4.69) is 21.6 Å². The van der Waals surface area contributed by atoms with Gasteiger partial charge in [0.15, 0.2) is 0 Å². The molecule has 2 heterocycles. The van der Waals surface area contributed by atoms with Gasteiger partial charge in [-0.1, -0.05) is 0 Å². The summed E-state index contributed by atoms with van der Waals surface area (Å²) >= 11 is 1.41. The summed E-state index contributed by atoms with van der Waals surface area (Å²) in [4.78, 5) is 13.0. The van der Waals surface area contributed by atoms with Gasteiger partial charge in [-0.25, -0.2) is 0 Å². The monoisotopic (exact) mass is 260 g/mol. The predicted octanol–water partition coefficient (Wildman–Crippen LogP) is 2.52. The first-order valence-corrected chi connectivity index (χ1v) is 6.17. The van der Waals surface area contributed by atoms with E-state index in [1.807, 2.05) is 13.8 Å². The molecule has 0 bridgehead atoms. The number of carbonyl (C=O) groups excluding carboxylic acids is 1. The summed E-state index contributed by atoms with van der Waals surface area (Å²) in [7, 11) is 0. The number of nitrogens with one attached hydrogen (secondary N) is 2. The van der Waals surface area contributed by atoms with E-state index < -0.39 is 0 Å². The van der Waals surface area contributed by atoms with Gasteiger partial charge in [0.2, 0.25) is 0 Å². The van der Waals surface area contributed by atoms with E-state index in [4.69, 9.17) is 5.26 Å². The summed E-state index contributed by atoms with van der Waals surface area (Å²) in [5, 5.41) is 19.0. The fourth-order valence-corrected chi connectivity index (χ4v) is 2.61. The highest BCUT2D eigenvalue weighted by Crippen LogP contribution is 2.31. The van der Waals surface area contributed by atoms with Crippen molar-refractivity contribution >= 4 is 22.2 Å². The van der Waals surface area contributed by atoms with Gasteiger partial charge in [0.1, 0.15) is 11.1 Å². The van der Waals surface area contributed by atoms with Crippen molar-refractivity contribution in [1.29, 1.82) is 5.26 Å². The molecule has 0 spiro atoms. The molecule has 2 N–H and O–H groups in total. The van der Waals surface area contributed by atoms with Crippen molar-refractivity contribution in [3.8, 4) is 6.07 Å². The molecule has 18 heavy (non-hydrogen) atoms. The number of hydrogen-bond donors (Lipinski definition) is 2. The van der Waals surface area contributed by atoms with E-state index in [1.165, 1.54) is 17.5 Å². The Morgan fingerprint density at radius 2 is 2.22 bits per heavy atom. The zero-order valence-corrected chi connectivity index (χ0v) is 11.1. The molecule has 0 atom stereocenters. The summed E-state index contributed by atoms with van der Waals surface area (Å²) in [6.45, 7) is 5.58. The summed E-state index contributed by atoms with van der Waals surface area (Å²) < 4.78 is 0. The molecule has 0 radical (unpaired) electrons. The van der Waals surface area contributed by atoms with Gasteiger partial charge in [-0.3, -0.25) is 9.89 Å². The average molecular weight is 260 g/mol. The number of aromatic nitrogens is 2. The first kappa shape index (κ1) is 12.3. The highest BCUT2D eigenvalue weighted by Gasteiger charge is 2.17. The van der Waals surface area contributed by atoms with E-state index in [-0.39, 0.29) is 5.91 Å². The van der Waals surface area contributed by atoms with Gasteiger partial charge < -0.3 is 5.32 Å². The zero-order chi connectivity index (χ0) is 13.3. The smallest absolute Gasteiger partial charge is 0.259 e. The molecule has 0 saturated carbocycles. The van der Waals surface area contributed by atoms with E-state index in [1.54, 1.807) is 6.92 Å². The van der Waals surface area contributed by atoms with Crippen LogP contribution in [-0.2, 0) is 0 Å². The SMILES string of the molecule is Cc1[nH]ncc1C(=O)Nc1sc(C)c(C)c1C#N. The summed E-state index contributed by atoms with van der Waals surface area (Å²) in [5.41, 5.74) is 2.65. The topological polar surface area (TPSA) is 81.6 Å². The predicted molar refractivity (Wildman–Crippen MR) is 69.8 cm³/mol. The lowest BCUT2D eigenvalue weighted by Crippen LogP contribution is -2.12.